The van der Waals surface area contributed by atoms with Gasteiger partial charge in [0, 0.05) is 18.3 Å². The van der Waals surface area contributed by atoms with E-state index in [9.17, 15) is 30.0 Å². The van der Waals surface area contributed by atoms with Gasteiger partial charge >= 0.3 is 5.97 Å². The number of unbranched alkanes of at least 4 members (excludes halogenated alkanes) is 1. The number of carbonyl (C=O) groups is 2. The third-order valence-electron chi connectivity index (χ3n) is 10.3. The van der Waals surface area contributed by atoms with Crippen molar-refractivity contribution in [1.29, 1.82) is 0 Å². The number of aliphatic carboxylic acids is 1. The fourth-order valence-corrected chi connectivity index (χ4v) is 6.88. The molecule has 9 nitrogen and oxygen atoms in total. The first-order chi connectivity index (χ1) is 24.9. The van der Waals surface area contributed by atoms with Crippen molar-refractivity contribution in [3.63, 3.8) is 0 Å². The summed E-state index contributed by atoms with van der Waals surface area (Å²) in [5, 5.41) is 50.7. The molecule has 0 aromatic carbocycles. The van der Waals surface area contributed by atoms with Crippen molar-refractivity contribution in [2.45, 2.75) is 209 Å². The molecular formula is C44H85NO8. The second-order valence-corrected chi connectivity index (χ2v) is 15.4. The number of rotatable bonds is 25. The summed E-state index contributed by atoms with van der Waals surface area (Å²) in [6.45, 7) is 22.4. The van der Waals surface area contributed by atoms with Crippen LogP contribution in [0.1, 0.15) is 179 Å². The normalized spacial score (nSPS) is 21.5. The van der Waals surface area contributed by atoms with Crippen molar-refractivity contribution >= 4 is 11.8 Å². The van der Waals surface area contributed by atoms with Gasteiger partial charge in [0.05, 0.1) is 36.9 Å². The average Bonchev–Trinajstić information content (AvgIpc) is 3.11. The Morgan fingerprint density at radius 1 is 0.962 bits per heavy atom. The van der Waals surface area contributed by atoms with E-state index in [1.54, 1.807) is 6.08 Å². The topological polar surface area (TPSA) is 171 Å². The number of hydrogen-bond donors (Lipinski definition) is 6. The first-order valence-corrected chi connectivity index (χ1v) is 20.9. The molecule has 9 heteroatoms. The third kappa shape index (κ3) is 28.3. The molecule has 0 bridgehead atoms. The Hall–Kier alpha value is -1.80. The number of carboxylic acids is 1. The number of hydrogen-bond acceptors (Lipinski definition) is 8. The molecule has 7 N–H and O–H groups in total. The quantitative estimate of drug-likeness (QED) is 0.0303. The molecule has 1 heterocycles. The van der Waals surface area contributed by atoms with Gasteiger partial charge in [0.2, 0.25) is 0 Å². The lowest BCUT2D eigenvalue weighted by molar-refractivity contribution is -0.234. The van der Waals surface area contributed by atoms with Gasteiger partial charge in [0.1, 0.15) is 5.78 Å². The molecule has 8 unspecified atom stereocenters. The molecule has 0 saturated carbocycles. The fraction of sp³-hybridized carbons (Fsp3) is 0.864. The van der Waals surface area contributed by atoms with Crippen LogP contribution in [0.5, 0.6) is 0 Å². The molecule has 0 amide bonds. The predicted octanol–water partition coefficient (Wildman–Crippen LogP) is 8.83. The molecule has 314 valence electrons. The number of Topliss-reactive ketones (excluding diaryl/α,β-unsaturated/α-hetero) is 1. The molecule has 0 aliphatic carbocycles. The highest BCUT2D eigenvalue weighted by atomic mass is 16.6. The van der Waals surface area contributed by atoms with E-state index in [1.165, 1.54) is 0 Å². The zero-order chi connectivity index (χ0) is 41.6. The summed E-state index contributed by atoms with van der Waals surface area (Å²) in [6, 6.07) is 0. The highest BCUT2D eigenvalue weighted by Crippen LogP contribution is 2.35. The molecule has 1 aliphatic heterocycles. The maximum Gasteiger partial charge on any atom is 0.305 e. The molecule has 0 aromatic rings. The highest BCUT2D eigenvalue weighted by Gasteiger charge is 2.38. The number of nitrogens with two attached hydrogens (primary N) is 1. The Bertz CT molecular complexity index is 977. The van der Waals surface area contributed by atoms with Gasteiger partial charge in [-0.05, 0) is 95.5 Å². The Morgan fingerprint density at radius 3 is 2.06 bits per heavy atom. The van der Waals surface area contributed by atoms with E-state index in [0.29, 0.717) is 51.0 Å². The van der Waals surface area contributed by atoms with Gasteiger partial charge in [-0.1, -0.05) is 106 Å². The van der Waals surface area contributed by atoms with Crippen molar-refractivity contribution in [2.75, 3.05) is 6.54 Å². The predicted molar refractivity (Wildman–Crippen MR) is 220 cm³/mol. The summed E-state index contributed by atoms with van der Waals surface area (Å²) in [7, 11) is 0. The second-order valence-electron chi connectivity index (χ2n) is 15.4. The van der Waals surface area contributed by atoms with Crippen molar-refractivity contribution < 1.29 is 39.9 Å². The van der Waals surface area contributed by atoms with Crippen molar-refractivity contribution in [3.05, 3.63) is 12.2 Å². The first kappa shape index (κ1) is 55.5. The zero-order valence-electron chi connectivity index (χ0n) is 35.9. The van der Waals surface area contributed by atoms with Crippen LogP contribution in [-0.2, 0) is 14.3 Å². The lowest BCUT2D eigenvalue weighted by Gasteiger charge is -2.39. The molecule has 0 radical (unpaired) electrons. The van der Waals surface area contributed by atoms with Crippen LogP contribution in [0.25, 0.3) is 0 Å². The summed E-state index contributed by atoms with van der Waals surface area (Å²) in [5.41, 5.74) is 3.98. The number of carboxylic acid groups (broad SMARTS) is 1. The van der Waals surface area contributed by atoms with Crippen LogP contribution < -0.4 is 5.73 Å². The summed E-state index contributed by atoms with van der Waals surface area (Å²) in [5.74, 6) is 0.901. The molecule has 10 atom stereocenters. The van der Waals surface area contributed by atoms with Gasteiger partial charge in [0.25, 0.3) is 0 Å². The summed E-state index contributed by atoms with van der Waals surface area (Å²) in [6.07, 6.45) is 18.3. The van der Waals surface area contributed by atoms with E-state index in [0.717, 1.165) is 57.8 Å². The number of terminal acetylenes is 1. The minimum absolute atomic E-state index is 0.0136. The van der Waals surface area contributed by atoms with Gasteiger partial charge in [-0.3, -0.25) is 9.59 Å². The lowest BCUT2D eigenvalue weighted by atomic mass is 9.84. The van der Waals surface area contributed by atoms with Gasteiger partial charge in [-0.2, -0.15) is 0 Å². The number of aliphatic hydroxyl groups excluding tert-OH is 2. The van der Waals surface area contributed by atoms with Gasteiger partial charge in [-0.15, -0.1) is 6.42 Å². The summed E-state index contributed by atoms with van der Waals surface area (Å²) >= 11 is 0. The van der Waals surface area contributed by atoms with Crippen molar-refractivity contribution in [3.8, 4) is 12.3 Å². The molecule has 53 heavy (non-hydrogen) atoms. The zero-order valence-corrected chi connectivity index (χ0v) is 35.9. The van der Waals surface area contributed by atoms with E-state index < -0.39 is 23.5 Å². The highest BCUT2D eigenvalue weighted by molar-refractivity contribution is 5.80. The molecule has 0 saturated heterocycles. The standard InChI is InChI=1S/C37H68O8.C3H5N.2C2H6/c1-8-31(30(6)38)14-11-20-36(7,43)22-19-33-16-12-21-37(44,45-33)29(5)24-27(3)17-18-34(40)28(4)23-26(2)13-9-10-15-32(39)25-35(41)42;1-2-3-4;2*1-2/h12,21,26-33,38-39,43-44H,8-11,13-20,22-25H2,1-7H3,(H,41,42);1H,3-4H2;2*1-2H3/t26-,27?,28?,29?,30?,31?,32?,33?,36-,37?;;;/m1.../s1. The van der Waals surface area contributed by atoms with Crippen LogP contribution in [0.4, 0.5) is 0 Å². The molecule has 0 aromatic heterocycles. The molecule has 1 aliphatic rings. The van der Waals surface area contributed by atoms with E-state index in [1.807, 2.05) is 61.5 Å². The molecular weight excluding hydrogens is 670 g/mol. The number of ether oxygens (including phenoxy) is 1. The van der Waals surface area contributed by atoms with Crippen molar-refractivity contribution in [1.82, 2.24) is 0 Å². The van der Waals surface area contributed by atoms with E-state index >= 15 is 0 Å². The maximum atomic E-state index is 12.9. The summed E-state index contributed by atoms with van der Waals surface area (Å²) < 4.78 is 6.22. The van der Waals surface area contributed by atoms with Crippen LogP contribution in [-0.4, -0.2) is 73.5 Å². The number of carbonyl (C=O) groups excluding carboxylic acids is 1. The fourth-order valence-electron chi connectivity index (χ4n) is 6.88. The van der Waals surface area contributed by atoms with E-state index in [-0.39, 0.29) is 48.1 Å². The minimum atomic E-state index is -1.36. The largest absolute Gasteiger partial charge is 0.481 e. The van der Waals surface area contributed by atoms with Gasteiger partial charge < -0.3 is 36.0 Å². The van der Waals surface area contributed by atoms with Crippen LogP contribution in [0.15, 0.2) is 12.2 Å². The molecule has 0 fully saturated rings. The minimum Gasteiger partial charge on any atom is -0.481 e. The van der Waals surface area contributed by atoms with E-state index in [4.69, 9.17) is 15.6 Å². The van der Waals surface area contributed by atoms with E-state index in [2.05, 4.69) is 33.1 Å². The van der Waals surface area contributed by atoms with Gasteiger partial charge in [0.15, 0.2) is 5.79 Å². The number of aliphatic hydroxyl groups is 4. The van der Waals surface area contributed by atoms with Crippen molar-refractivity contribution in [2.24, 2.45) is 35.3 Å². The Kier molecular flexibility index (Phi) is 34.0. The Morgan fingerprint density at radius 2 is 1.53 bits per heavy atom. The molecule has 1 rings (SSSR count). The average molecular weight is 756 g/mol. The lowest BCUT2D eigenvalue weighted by Crippen LogP contribution is -2.44. The van der Waals surface area contributed by atoms with Gasteiger partial charge in [-0.25, -0.2) is 0 Å². The molecule has 0 spiro atoms. The monoisotopic (exact) mass is 756 g/mol. The van der Waals surface area contributed by atoms with Crippen LogP contribution in [0, 0.1) is 41.9 Å². The third-order valence-corrected chi connectivity index (χ3v) is 10.3. The maximum absolute atomic E-state index is 12.9. The van der Waals surface area contributed by atoms with Crippen LogP contribution >= 0.6 is 0 Å². The second kappa shape index (κ2) is 32.4. The van der Waals surface area contributed by atoms with Crippen LogP contribution in [0.3, 0.4) is 0 Å². The first-order valence-electron chi connectivity index (χ1n) is 20.9. The van der Waals surface area contributed by atoms with Crippen LogP contribution in [0.2, 0.25) is 0 Å². The number of ketones is 1. The smallest absolute Gasteiger partial charge is 0.305 e. The Balaban J connectivity index is -0.00000286. The summed E-state index contributed by atoms with van der Waals surface area (Å²) in [4.78, 5) is 23.6. The SMILES string of the molecule is C#CCN.CC.CC.CCC(CCC[C@@](C)(O)CCC1CC=CC(O)(C(C)CC(C)CCC(=O)C(C)C[C@H](C)CCCCC(O)CC(=O)O)O1)C(C)O. The Labute approximate surface area is 326 Å².